The first-order valence-electron chi connectivity index (χ1n) is 4.69. The molecule has 15 heavy (non-hydrogen) atoms. The standard InChI is InChI=1S/C10H15N3O2/c1-8(7-15-2)12-13-10(14)9-3-5-11-6-4-9/h3-6,8,12H,7H2,1-2H3,(H,13,14)/t8-/m1/s1. The Hall–Kier alpha value is -1.46. The quantitative estimate of drug-likeness (QED) is 0.687. The predicted octanol–water partition coefficient (Wildman–Crippen LogP) is 0.351. The van der Waals surface area contributed by atoms with Crippen LogP contribution in [-0.4, -0.2) is 30.6 Å². The van der Waals surface area contributed by atoms with Crippen molar-refractivity contribution in [3.63, 3.8) is 0 Å². The Bertz CT molecular complexity index is 303. The van der Waals surface area contributed by atoms with Crippen molar-refractivity contribution in [1.82, 2.24) is 15.8 Å². The lowest BCUT2D eigenvalue weighted by Gasteiger charge is -2.13. The summed E-state index contributed by atoms with van der Waals surface area (Å²) in [5.74, 6) is -0.180. The number of nitrogens with one attached hydrogen (secondary N) is 2. The summed E-state index contributed by atoms with van der Waals surface area (Å²) in [6.45, 7) is 2.45. The maximum absolute atomic E-state index is 11.5. The summed E-state index contributed by atoms with van der Waals surface area (Å²) < 4.78 is 4.92. The molecule has 0 aliphatic rings. The van der Waals surface area contributed by atoms with Crippen LogP contribution in [0, 0.1) is 0 Å². The Kier molecular flexibility index (Phi) is 4.73. The molecular weight excluding hydrogens is 194 g/mol. The van der Waals surface area contributed by atoms with Crippen LogP contribution in [0.4, 0.5) is 0 Å². The maximum Gasteiger partial charge on any atom is 0.265 e. The summed E-state index contributed by atoms with van der Waals surface area (Å²) in [5.41, 5.74) is 6.00. The third kappa shape index (κ3) is 4.05. The summed E-state index contributed by atoms with van der Waals surface area (Å²) in [4.78, 5) is 15.3. The van der Waals surface area contributed by atoms with Crippen LogP contribution in [0.2, 0.25) is 0 Å². The number of rotatable bonds is 5. The van der Waals surface area contributed by atoms with Crippen molar-refractivity contribution < 1.29 is 9.53 Å². The lowest BCUT2D eigenvalue weighted by Crippen LogP contribution is -2.44. The molecule has 5 nitrogen and oxygen atoms in total. The third-order valence-electron chi connectivity index (χ3n) is 1.79. The summed E-state index contributed by atoms with van der Waals surface area (Å²) >= 11 is 0. The first-order valence-corrected chi connectivity index (χ1v) is 4.69. The van der Waals surface area contributed by atoms with Gasteiger partial charge in [-0.05, 0) is 19.1 Å². The van der Waals surface area contributed by atoms with Crippen molar-refractivity contribution in [2.75, 3.05) is 13.7 Å². The second-order valence-electron chi connectivity index (χ2n) is 3.19. The van der Waals surface area contributed by atoms with Gasteiger partial charge in [-0.15, -0.1) is 0 Å². The largest absolute Gasteiger partial charge is 0.383 e. The van der Waals surface area contributed by atoms with E-state index in [4.69, 9.17) is 4.74 Å². The molecule has 1 amide bonds. The Morgan fingerprint density at radius 1 is 1.53 bits per heavy atom. The van der Waals surface area contributed by atoms with Gasteiger partial charge < -0.3 is 4.74 Å². The number of hydrogen-bond donors (Lipinski definition) is 2. The van der Waals surface area contributed by atoms with Crippen LogP contribution in [0.5, 0.6) is 0 Å². The summed E-state index contributed by atoms with van der Waals surface area (Å²) in [6.07, 6.45) is 3.15. The average molecular weight is 209 g/mol. The van der Waals surface area contributed by atoms with Gasteiger partial charge in [-0.2, -0.15) is 0 Å². The Morgan fingerprint density at radius 2 is 2.20 bits per heavy atom. The molecule has 0 saturated carbocycles. The fourth-order valence-corrected chi connectivity index (χ4v) is 1.06. The molecule has 1 rings (SSSR count). The van der Waals surface area contributed by atoms with Crippen molar-refractivity contribution in [3.8, 4) is 0 Å². The van der Waals surface area contributed by atoms with E-state index in [0.29, 0.717) is 12.2 Å². The minimum absolute atomic E-state index is 0.0702. The summed E-state index contributed by atoms with van der Waals surface area (Å²) in [6, 6.07) is 3.37. The molecule has 2 N–H and O–H groups in total. The van der Waals surface area contributed by atoms with Gasteiger partial charge in [-0.25, -0.2) is 5.43 Å². The van der Waals surface area contributed by atoms with E-state index in [1.165, 1.54) is 0 Å². The Labute approximate surface area is 88.8 Å². The van der Waals surface area contributed by atoms with Crippen LogP contribution in [0.3, 0.4) is 0 Å². The number of hydrogen-bond acceptors (Lipinski definition) is 4. The number of carbonyl (C=O) groups is 1. The van der Waals surface area contributed by atoms with Gasteiger partial charge in [0.2, 0.25) is 0 Å². The molecule has 0 aliphatic heterocycles. The number of nitrogens with zero attached hydrogens (tertiary/aromatic N) is 1. The molecule has 0 spiro atoms. The summed E-state index contributed by atoms with van der Waals surface area (Å²) in [7, 11) is 1.61. The monoisotopic (exact) mass is 209 g/mol. The fraction of sp³-hybridized carbons (Fsp3) is 0.400. The highest BCUT2D eigenvalue weighted by molar-refractivity contribution is 5.93. The zero-order valence-corrected chi connectivity index (χ0v) is 8.86. The van der Waals surface area contributed by atoms with E-state index >= 15 is 0 Å². The second-order valence-corrected chi connectivity index (χ2v) is 3.19. The number of aromatic nitrogens is 1. The Morgan fingerprint density at radius 3 is 2.80 bits per heavy atom. The van der Waals surface area contributed by atoms with Gasteiger partial charge in [-0.1, -0.05) is 0 Å². The van der Waals surface area contributed by atoms with Gasteiger partial charge in [0.05, 0.1) is 6.61 Å². The zero-order chi connectivity index (χ0) is 11.1. The molecule has 82 valence electrons. The number of hydrazine groups is 1. The maximum atomic E-state index is 11.5. The summed E-state index contributed by atoms with van der Waals surface area (Å²) in [5, 5.41) is 0. The van der Waals surface area contributed by atoms with E-state index in [-0.39, 0.29) is 11.9 Å². The van der Waals surface area contributed by atoms with Gasteiger partial charge in [0.15, 0.2) is 0 Å². The number of pyridine rings is 1. The number of carbonyl (C=O) groups excluding carboxylic acids is 1. The van der Waals surface area contributed by atoms with Crippen molar-refractivity contribution in [2.45, 2.75) is 13.0 Å². The topological polar surface area (TPSA) is 63.2 Å². The first kappa shape index (κ1) is 11.6. The molecule has 1 atom stereocenters. The smallest absolute Gasteiger partial charge is 0.265 e. The minimum atomic E-state index is -0.180. The molecular formula is C10H15N3O2. The van der Waals surface area contributed by atoms with Crippen LogP contribution >= 0.6 is 0 Å². The molecule has 0 fully saturated rings. The van der Waals surface area contributed by atoms with Gasteiger partial charge in [-0.3, -0.25) is 15.2 Å². The molecule has 1 aromatic heterocycles. The van der Waals surface area contributed by atoms with E-state index in [2.05, 4.69) is 15.8 Å². The molecule has 0 radical (unpaired) electrons. The van der Waals surface area contributed by atoms with Crippen molar-refractivity contribution in [1.29, 1.82) is 0 Å². The number of amides is 1. The molecule has 0 aromatic carbocycles. The highest BCUT2D eigenvalue weighted by atomic mass is 16.5. The van der Waals surface area contributed by atoms with Crippen molar-refractivity contribution >= 4 is 5.91 Å². The van der Waals surface area contributed by atoms with Crippen molar-refractivity contribution in [2.24, 2.45) is 0 Å². The zero-order valence-electron chi connectivity index (χ0n) is 8.86. The molecule has 0 bridgehead atoms. The average Bonchev–Trinajstić information content (AvgIpc) is 2.27. The fourth-order valence-electron chi connectivity index (χ4n) is 1.06. The highest BCUT2D eigenvalue weighted by Crippen LogP contribution is 1.94. The van der Waals surface area contributed by atoms with Crippen molar-refractivity contribution in [3.05, 3.63) is 30.1 Å². The van der Waals surface area contributed by atoms with Crippen LogP contribution in [0.1, 0.15) is 17.3 Å². The minimum Gasteiger partial charge on any atom is -0.383 e. The SMILES string of the molecule is COC[C@@H](C)NNC(=O)c1ccncc1. The van der Waals surface area contributed by atoms with E-state index in [0.717, 1.165) is 0 Å². The molecule has 0 saturated heterocycles. The van der Waals surface area contributed by atoms with E-state index < -0.39 is 0 Å². The predicted molar refractivity (Wildman–Crippen MR) is 56.2 cm³/mol. The van der Waals surface area contributed by atoms with Gasteiger partial charge in [0.25, 0.3) is 5.91 Å². The number of ether oxygens (including phenoxy) is 1. The molecule has 0 unspecified atom stereocenters. The van der Waals surface area contributed by atoms with E-state index in [1.807, 2.05) is 6.92 Å². The molecule has 0 aliphatic carbocycles. The van der Waals surface area contributed by atoms with Crippen LogP contribution < -0.4 is 10.9 Å². The second kappa shape index (κ2) is 6.10. The van der Waals surface area contributed by atoms with Crippen LogP contribution in [0.15, 0.2) is 24.5 Å². The van der Waals surface area contributed by atoms with E-state index in [9.17, 15) is 4.79 Å². The highest BCUT2D eigenvalue weighted by Gasteiger charge is 2.05. The van der Waals surface area contributed by atoms with Crippen LogP contribution in [-0.2, 0) is 4.74 Å². The Balaban J connectivity index is 2.37. The third-order valence-corrected chi connectivity index (χ3v) is 1.79. The van der Waals surface area contributed by atoms with Crippen LogP contribution in [0.25, 0.3) is 0 Å². The lowest BCUT2D eigenvalue weighted by atomic mass is 10.2. The normalized spacial score (nSPS) is 12.1. The van der Waals surface area contributed by atoms with E-state index in [1.54, 1.807) is 31.6 Å². The first-order chi connectivity index (χ1) is 7.24. The molecule has 1 heterocycles. The number of methoxy groups -OCH3 is 1. The van der Waals surface area contributed by atoms with Gasteiger partial charge in [0.1, 0.15) is 0 Å². The molecule has 1 aromatic rings. The molecule has 5 heteroatoms. The lowest BCUT2D eigenvalue weighted by molar-refractivity contribution is 0.0908. The van der Waals surface area contributed by atoms with Gasteiger partial charge >= 0.3 is 0 Å². The van der Waals surface area contributed by atoms with Gasteiger partial charge in [0, 0.05) is 31.1 Å².